The largest absolute Gasteiger partial charge is 0.497 e. The van der Waals surface area contributed by atoms with Crippen LogP contribution < -0.4 is 4.74 Å². The second-order valence-electron chi connectivity index (χ2n) is 4.26. The molecule has 0 aromatic heterocycles. The number of hydrogen-bond donors (Lipinski definition) is 0. The van der Waals surface area contributed by atoms with Crippen molar-refractivity contribution in [3.8, 4) is 5.75 Å². The maximum atomic E-state index is 11.5. The molecular formula is C13H16O4. The van der Waals surface area contributed by atoms with Gasteiger partial charge in [-0.25, -0.2) is 0 Å². The Hall–Kier alpha value is -1.84. The van der Waals surface area contributed by atoms with E-state index >= 15 is 0 Å². The summed E-state index contributed by atoms with van der Waals surface area (Å²) in [5.41, 5.74) is -0.243. The van der Waals surface area contributed by atoms with Crippen molar-refractivity contribution in [1.82, 2.24) is 0 Å². The molecule has 0 spiro atoms. The summed E-state index contributed by atoms with van der Waals surface area (Å²) in [7, 11) is 1.58. The lowest BCUT2D eigenvalue weighted by Gasteiger charge is -2.15. The van der Waals surface area contributed by atoms with Crippen LogP contribution in [0.3, 0.4) is 0 Å². The van der Waals surface area contributed by atoms with Crippen molar-refractivity contribution in [2.45, 2.75) is 20.5 Å². The molecule has 92 valence electrons. The summed E-state index contributed by atoms with van der Waals surface area (Å²) in [5, 5.41) is 0. The Morgan fingerprint density at radius 3 is 2.35 bits per heavy atom. The predicted octanol–water partition coefficient (Wildman–Crippen LogP) is 1.96. The molecule has 1 rings (SSSR count). The van der Waals surface area contributed by atoms with Gasteiger partial charge in [0.15, 0.2) is 0 Å². The van der Waals surface area contributed by atoms with Gasteiger partial charge in [0, 0.05) is 0 Å². The average Bonchev–Trinajstić information content (AvgIpc) is 2.36. The van der Waals surface area contributed by atoms with Crippen LogP contribution >= 0.6 is 0 Å². The van der Waals surface area contributed by atoms with Gasteiger partial charge in [-0.05, 0) is 31.5 Å². The van der Waals surface area contributed by atoms with E-state index in [1.807, 2.05) is 0 Å². The second-order valence-corrected chi connectivity index (χ2v) is 4.26. The molecule has 0 unspecified atom stereocenters. The minimum atomic E-state index is -1.09. The highest BCUT2D eigenvalue weighted by Crippen LogP contribution is 2.16. The highest BCUT2D eigenvalue weighted by molar-refractivity contribution is 5.91. The van der Waals surface area contributed by atoms with Crippen molar-refractivity contribution in [1.29, 1.82) is 0 Å². The molecule has 0 aliphatic rings. The van der Waals surface area contributed by atoms with Crippen LogP contribution in [0.2, 0.25) is 0 Å². The van der Waals surface area contributed by atoms with Gasteiger partial charge in [0.1, 0.15) is 24.1 Å². The van der Waals surface area contributed by atoms with Crippen LogP contribution in [0.15, 0.2) is 24.3 Å². The molecule has 4 nitrogen and oxygen atoms in total. The van der Waals surface area contributed by atoms with Gasteiger partial charge in [0.25, 0.3) is 0 Å². The molecule has 0 saturated heterocycles. The fourth-order valence-corrected chi connectivity index (χ4v) is 1.10. The summed E-state index contributed by atoms with van der Waals surface area (Å²) < 4.78 is 10.1. The third-order valence-corrected chi connectivity index (χ3v) is 2.35. The van der Waals surface area contributed by atoms with E-state index in [1.54, 1.807) is 31.4 Å². The number of ether oxygens (including phenoxy) is 2. The number of hydrogen-bond acceptors (Lipinski definition) is 4. The van der Waals surface area contributed by atoms with E-state index < -0.39 is 11.4 Å². The Balaban J connectivity index is 2.56. The van der Waals surface area contributed by atoms with Gasteiger partial charge in [0.2, 0.25) is 0 Å². The highest BCUT2D eigenvalue weighted by atomic mass is 16.5. The lowest BCUT2D eigenvalue weighted by atomic mass is 9.96. The van der Waals surface area contributed by atoms with Gasteiger partial charge in [-0.15, -0.1) is 0 Å². The van der Waals surface area contributed by atoms with Crippen molar-refractivity contribution in [3.63, 3.8) is 0 Å². The monoisotopic (exact) mass is 236 g/mol. The Bertz CT molecular complexity index is 392. The molecule has 0 aliphatic carbocycles. The molecule has 17 heavy (non-hydrogen) atoms. The van der Waals surface area contributed by atoms with E-state index in [-0.39, 0.29) is 6.61 Å². The molecule has 0 aliphatic heterocycles. The number of aldehydes is 1. The van der Waals surface area contributed by atoms with Crippen LogP contribution in [0, 0.1) is 5.41 Å². The fourth-order valence-electron chi connectivity index (χ4n) is 1.10. The van der Waals surface area contributed by atoms with E-state index in [0.717, 1.165) is 11.3 Å². The lowest BCUT2D eigenvalue weighted by Crippen LogP contribution is -2.27. The van der Waals surface area contributed by atoms with Gasteiger partial charge >= 0.3 is 5.97 Å². The zero-order chi connectivity index (χ0) is 12.9. The molecule has 4 heteroatoms. The van der Waals surface area contributed by atoms with Crippen molar-refractivity contribution in [2.24, 2.45) is 5.41 Å². The van der Waals surface area contributed by atoms with E-state index in [4.69, 9.17) is 9.47 Å². The molecule has 1 aromatic carbocycles. The van der Waals surface area contributed by atoms with Crippen LogP contribution in [0.25, 0.3) is 0 Å². The summed E-state index contributed by atoms with van der Waals surface area (Å²) >= 11 is 0. The van der Waals surface area contributed by atoms with Crippen LogP contribution in [0.5, 0.6) is 5.75 Å². The van der Waals surface area contributed by atoms with E-state index in [0.29, 0.717) is 6.29 Å². The Morgan fingerprint density at radius 1 is 1.29 bits per heavy atom. The zero-order valence-electron chi connectivity index (χ0n) is 10.2. The van der Waals surface area contributed by atoms with E-state index in [9.17, 15) is 9.59 Å². The molecule has 0 amide bonds. The fraction of sp³-hybridized carbons (Fsp3) is 0.385. The molecule has 0 heterocycles. The van der Waals surface area contributed by atoms with Crippen molar-refractivity contribution >= 4 is 12.3 Å². The predicted molar refractivity (Wildman–Crippen MR) is 62.6 cm³/mol. The lowest BCUT2D eigenvalue weighted by molar-refractivity contribution is -0.156. The number of carbonyl (C=O) groups excluding carboxylic acids is 2. The SMILES string of the molecule is COc1ccc(COC(=O)C(C)(C)C=O)cc1. The van der Waals surface area contributed by atoms with E-state index in [2.05, 4.69) is 0 Å². The number of carbonyl (C=O) groups is 2. The topological polar surface area (TPSA) is 52.6 Å². The maximum Gasteiger partial charge on any atom is 0.319 e. The van der Waals surface area contributed by atoms with Crippen LogP contribution in [0.4, 0.5) is 0 Å². The van der Waals surface area contributed by atoms with Gasteiger partial charge in [-0.3, -0.25) is 4.79 Å². The van der Waals surface area contributed by atoms with Gasteiger partial charge < -0.3 is 14.3 Å². The minimum Gasteiger partial charge on any atom is -0.497 e. The third kappa shape index (κ3) is 3.59. The Morgan fingerprint density at radius 2 is 1.88 bits per heavy atom. The maximum absolute atomic E-state index is 11.5. The first-order valence-corrected chi connectivity index (χ1v) is 5.26. The summed E-state index contributed by atoms with van der Waals surface area (Å²) in [6.07, 6.45) is 0.587. The summed E-state index contributed by atoms with van der Waals surface area (Å²) in [4.78, 5) is 22.2. The zero-order valence-corrected chi connectivity index (χ0v) is 10.2. The van der Waals surface area contributed by atoms with Gasteiger partial charge in [0.05, 0.1) is 7.11 Å². The molecule has 1 aromatic rings. The van der Waals surface area contributed by atoms with Crippen LogP contribution in [-0.2, 0) is 20.9 Å². The highest BCUT2D eigenvalue weighted by Gasteiger charge is 2.28. The third-order valence-electron chi connectivity index (χ3n) is 2.35. The van der Waals surface area contributed by atoms with Crippen molar-refractivity contribution in [3.05, 3.63) is 29.8 Å². The molecular weight excluding hydrogens is 220 g/mol. The Labute approximate surface area is 101 Å². The molecule has 0 saturated carbocycles. The summed E-state index contributed by atoms with van der Waals surface area (Å²) in [5.74, 6) is 0.219. The van der Waals surface area contributed by atoms with Gasteiger partial charge in [-0.2, -0.15) is 0 Å². The minimum absolute atomic E-state index is 0.153. The molecule has 0 atom stereocenters. The normalized spacial score (nSPS) is 10.8. The molecule has 0 radical (unpaired) electrons. The smallest absolute Gasteiger partial charge is 0.319 e. The molecule has 0 fully saturated rings. The number of methoxy groups -OCH3 is 1. The summed E-state index contributed by atoms with van der Waals surface area (Å²) in [6, 6.07) is 7.18. The first-order valence-electron chi connectivity index (χ1n) is 5.26. The van der Waals surface area contributed by atoms with Crippen molar-refractivity contribution < 1.29 is 19.1 Å². The number of esters is 1. The quantitative estimate of drug-likeness (QED) is 0.445. The van der Waals surface area contributed by atoms with Crippen LogP contribution in [-0.4, -0.2) is 19.4 Å². The average molecular weight is 236 g/mol. The second kappa shape index (κ2) is 5.48. The molecule has 0 bridgehead atoms. The van der Waals surface area contributed by atoms with Crippen molar-refractivity contribution in [2.75, 3.05) is 7.11 Å². The van der Waals surface area contributed by atoms with Crippen LogP contribution in [0.1, 0.15) is 19.4 Å². The molecule has 0 N–H and O–H groups in total. The standard InChI is InChI=1S/C13H16O4/c1-13(2,9-14)12(15)17-8-10-4-6-11(16-3)7-5-10/h4-7,9H,8H2,1-3H3. The number of rotatable bonds is 5. The summed E-state index contributed by atoms with van der Waals surface area (Å²) in [6.45, 7) is 3.20. The number of benzene rings is 1. The first-order chi connectivity index (χ1) is 7.99. The first kappa shape index (κ1) is 13.2. The van der Waals surface area contributed by atoms with Gasteiger partial charge in [-0.1, -0.05) is 12.1 Å². The Kier molecular flexibility index (Phi) is 4.26. The van der Waals surface area contributed by atoms with E-state index in [1.165, 1.54) is 13.8 Å².